The van der Waals surface area contributed by atoms with Gasteiger partial charge in [-0.25, -0.2) is 4.98 Å². The molecule has 1 aromatic heterocycles. The maximum atomic E-state index is 13.5. The smallest absolute Gasteiger partial charge is 0.429 e. The second-order valence-electron chi connectivity index (χ2n) is 7.73. The topological polar surface area (TPSA) is 121 Å². The van der Waals surface area contributed by atoms with Gasteiger partial charge < -0.3 is 14.4 Å². The number of aromatic nitrogens is 1. The predicted molar refractivity (Wildman–Crippen MR) is 99.6 cm³/mol. The fourth-order valence-electron chi connectivity index (χ4n) is 2.76. The number of pyridine rings is 1. The van der Waals surface area contributed by atoms with Crippen molar-refractivity contribution in [3.63, 3.8) is 0 Å². The first-order chi connectivity index (χ1) is 13.1. The van der Waals surface area contributed by atoms with E-state index in [4.69, 9.17) is 16.3 Å². The van der Waals surface area contributed by atoms with Crippen molar-refractivity contribution in [2.24, 2.45) is 0 Å². The van der Waals surface area contributed by atoms with Crippen LogP contribution < -0.4 is 9.46 Å². The predicted octanol–water partition coefficient (Wildman–Crippen LogP) is 2.81. The minimum Gasteiger partial charge on any atom is -0.598 e. The Kier molecular flexibility index (Phi) is 6.38. The number of halogens is 4. The van der Waals surface area contributed by atoms with E-state index in [1.165, 1.54) is 0 Å². The van der Waals surface area contributed by atoms with Crippen LogP contribution in [0.15, 0.2) is 6.07 Å². The first-order valence-electron chi connectivity index (χ1n) is 8.52. The molecule has 3 unspecified atom stereocenters. The van der Waals surface area contributed by atoms with Gasteiger partial charge in [-0.3, -0.25) is 10.1 Å². The van der Waals surface area contributed by atoms with E-state index < -0.39 is 55.7 Å². The van der Waals surface area contributed by atoms with Crippen molar-refractivity contribution in [3.05, 3.63) is 32.6 Å². The van der Waals surface area contributed by atoms with Crippen molar-refractivity contribution in [2.45, 2.75) is 56.2 Å². The highest BCUT2D eigenvalue weighted by atomic mass is 35.5. The third kappa shape index (κ3) is 4.41. The van der Waals surface area contributed by atoms with E-state index in [9.17, 15) is 32.9 Å². The maximum Gasteiger partial charge on any atom is 0.429 e. The summed E-state index contributed by atoms with van der Waals surface area (Å²) in [4.78, 5) is 13.0. The van der Waals surface area contributed by atoms with Crippen molar-refractivity contribution in [1.29, 1.82) is 0 Å². The lowest BCUT2D eigenvalue weighted by atomic mass is 9.88. The van der Waals surface area contributed by atoms with Crippen LogP contribution in [0.2, 0.25) is 5.15 Å². The number of nitrogens with zero attached hydrogens (tertiary/aromatic N) is 2. The lowest BCUT2D eigenvalue weighted by Crippen LogP contribution is -2.52. The minimum absolute atomic E-state index is 0.0266. The van der Waals surface area contributed by atoms with Crippen LogP contribution in [0, 0.1) is 10.1 Å². The molecule has 0 aromatic carbocycles. The van der Waals surface area contributed by atoms with E-state index in [-0.39, 0.29) is 24.3 Å². The molecular formula is C16H21ClF3N3O5S. The van der Waals surface area contributed by atoms with Gasteiger partial charge in [0, 0.05) is 21.8 Å². The van der Waals surface area contributed by atoms with Crippen LogP contribution >= 0.6 is 11.6 Å². The van der Waals surface area contributed by atoms with Gasteiger partial charge in [0.05, 0.1) is 5.69 Å². The molecule has 0 spiro atoms. The molecule has 2 rings (SSSR count). The van der Waals surface area contributed by atoms with E-state index in [0.717, 1.165) is 6.07 Å². The maximum absolute atomic E-state index is 13.5. The van der Waals surface area contributed by atoms with Crippen LogP contribution in [0.1, 0.15) is 45.4 Å². The zero-order valence-electron chi connectivity index (χ0n) is 16.1. The van der Waals surface area contributed by atoms with Crippen LogP contribution in [-0.2, 0) is 22.5 Å². The van der Waals surface area contributed by atoms with Crippen LogP contribution in [-0.4, -0.2) is 43.6 Å². The summed E-state index contributed by atoms with van der Waals surface area (Å²) in [5, 5.41) is 20.5. The fraction of sp³-hybridized carbons (Fsp3) is 0.688. The molecule has 0 saturated carbocycles. The second kappa shape index (κ2) is 7.73. The molecule has 0 saturated heterocycles. The summed E-state index contributed by atoms with van der Waals surface area (Å²) in [6, 6.07) is 0.877. The van der Waals surface area contributed by atoms with Crippen molar-refractivity contribution < 1.29 is 32.5 Å². The number of nitrogens with one attached hydrogen (secondary N) is 1. The summed E-state index contributed by atoms with van der Waals surface area (Å²) < 4.78 is 61.0. The standard InChI is InChI=1S/C16H21ClF3N3O5S/c1-5-14(22-29(27)13(2,3)4)8-28-11-9(14)6-10(21-12(11)17)15(24,7-23(25)26)16(18,19)20/h6,22,24H,5,7-8H2,1-4H3. The van der Waals surface area contributed by atoms with Gasteiger partial charge in [0.25, 0.3) is 5.60 Å². The Morgan fingerprint density at radius 1 is 1.45 bits per heavy atom. The van der Waals surface area contributed by atoms with Crippen LogP contribution in [0.3, 0.4) is 0 Å². The van der Waals surface area contributed by atoms with Crippen molar-refractivity contribution >= 4 is 23.0 Å². The molecule has 8 nitrogen and oxygen atoms in total. The molecule has 2 N–H and O–H groups in total. The number of fused-ring (bicyclic) bond motifs is 1. The SMILES string of the molecule is CCC1(N[S+]([O-])C(C)(C)C)COc2c1cc(C(O)(C[N+](=O)[O-])C(F)(F)F)nc2Cl. The Hall–Kier alpha value is -1.34. The first kappa shape index (κ1) is 23.9. The molecule has 0 radical (unpaired) electrons. The average Bonchev–Trinajstić information content (AvgIpc) is 2.92. The summed E-state index contributed by atoms with van der Waals surface area (Å²) in [5.74, 6) is -0.0266. The number of alkyl halides is 3. The Morgan fingerprint density at radius 2 is 2.03 bits per heavy atom. The van der Waals surface area contributed by atoms with Crippen LogP contribution in [0.4, 0.5) is 13.2 Å². The highest BCUT2D eigenvalue weighted by molar-refractivity contribution is 7.90. The highest BCUT2D eigenvalue weighted by Crippen LogP contribution is 2.47. The average molecular weight is 460 g/mol. The number of aliphatic hydroxyl groups is 1. The minimum atomic E-state index is -5.39. The van der Waals surface area contributed by atoms with Gasteiger partial charge in [-0.05, 0) is 33.3 Å². The molecule has 1 aromatic rings. The number of hydrogen-bond donors (Lipinski definition) is 2. The van der Waals surface area contributed by atoms with E-state index in [1.807, 2.05) is 0 Å². The monoisotopic (exact) mass is 459 g/mol. The second-order valence-corrected chi connectivity index (χ2v) is 10.1. The summed E-state index contributed by atoms with van der Waals surface area (Å²) in [6.45, 7) is 4.89. The van der Waals surface area contributed by atoms with Crippen LogP contribution in [0.25, 0.3) is 0 Å². The molecule has 1 aliphatic rings. The number of nitro groups is 1. The molecule has 0 aliphatic carbocycles. The zero-order valence-corrected chi connectivity index (χ0v) is 17.7. The normalized spacial score (nSPS) is 22.6. The number of hydrogen-bond acceptors (Lipinski definition) is 7. The van der Waals surface area contributed by atoms with Gasteiger partial charge in [0.1, 0.15) is 16.9 Å². The van der Waals surface area contributed by atoms with Crippen molar-refractivity contribution in [2.75, 3.05) is 13.2 Å². The molecule has 1 aliphatic heterocycles. The Balaban J connectivity index is 2.65. The Bertz CT molecular complexity index is 807. The van der Waals surface area contributed by atoms with E-state index in [2.05, 4.69) is 9.71 Å². The van der Waals surface area contributed by atoms with Gasteiger partial charge in [-0.15, -0.1) is 4.72 Å². The zero-order chi connectivity index (χ0) is 22.4. The summed E-state index contributed by atoms with van der Waals surface area (Å²) in [6.07, 6.45) is -5.14. The molecular weight excluding hydrogens is 439 g/mol. The molecule has 29 heavy (non-hydrogen) atoms. The van der Waals surface area contributed by atoms with Gasteiger partial charge >= 0.3 is 6.18 Å². The molecule has 0 amide bonds. The van der Waals surface area contributed by atoms with Gasteiger partial charge in [0.15, 0.2) is 10.9 Å². The molecule has 0 bridgehead atoms. The Morgan fingerprint density at radius 3 is 2.48 bits per heavy atom. The fourth-order valence-corrected chi connectivity index (χ4v) is 3.98. The molecule has 3 atom stereocenters. The Labute approximate surface area is 173 Å². The van der Waals surface area contributed by atoms with E-state index >= 15 is 0 Å². The first-order valence-corrected chi connectivity index (χ1v) is 10.0. The summed E-state index contributed by atoms with van der Waals surface area (Å²) in [7, 11) is 0. The summed E-state index contributed by atoms with van der Waals surface area (Å²) in [5.41, 5.74) is -5.98. The summed E-state index contributed by atoms with van der Waals surface area (Å²) >= 11 is 4.37. The third-order valence-corrected chi connectivity index (χ3v) is 6.55. The molecule has 164 valence electrons. The number of ether oxygens (including phenoxy) is 1. The quantitative estimate of drug-likeness (QED) is 0.290. The van der Waals surface area contributed by atoms with Crippen molar-refractivity contribution in [3.8, 4) is 5.75 Å². The van der Waals surface area contributed by atoms with Gasteiger partial charge in [0.2, 0.25) is 6.54 Å². The molecule has 13 heteroatoms. The van der Waals surface area contributed by atoms with Gasteiger partial charge in [-0.2, -0.15) is 13.2 Å². The third-order valence-electron chi connectivity index (χ3n) is 4.61. The van der Waals surface area contributed by atoms with Crippen LogP contribution in [0.5, 0.6) is 5.75 Å². The number of rotatable bonds is 6. The van der Waals surface area contributed by atoms with E-state index in [1.54, 1.807) is 27.7 Å². The highest BCUT2D eigenvalue weighted by Gasteiger charge is 2.61. The van der Waals surface area contributed by atoms with Gasteiger partial charge in [-0.1, -0.05) is 18.5 Å². The largest absolute Gasteiger partial charge is 0.598 e. The van der Waals surface area contributed by atoms with Crippen molar-refractivity contribution in [1.82, 2.24) is 9.71 Å². The lowest BCUT2D eigenvalue weighted by Gasteiger charge is -2.33. The van der Waals surface area contributed by atoms with E-state index in [0.29, 0.717) is 0 Å². The lowest BCUT2D eigenvalue weighted by molar-refractivity contribution is -0.519. The molecule has 0 fully saturated rings. The molecule has 2 heterocycles.